The van der Waals surface area contributed by atoms with Gasteiger partial charge in [0.2, 0.25) is 0 Å². The van der Waals surface area contributed by atoms with Crippen LogP contribution < -0.4 is 4.90 Å². The van der Waals surface area contributed by atoms with E-state index >= 15 is 0 Å². The number of hydrogen-bond donors (Lipinski definition) is 0. The predicted molar refractivity (Wildman–Crippen MR) is 107 cm³/mol. The first-order valence-electron chi connectivity index (χ1n) is 9.75. The van der Waals surface area contributed by atoms with Gasteiger partial charge in [0, 0.05) is 56.6 Å². The molecule has 2 aliphatic rings. The van der Waals surface area contributed by atoms with E-state index in [2.05, 4.69) is 19.9 Å². The van der Waals surface area contributed by atoms with E-state index in [0.717, 1.165) is 36.0 Å². The number of sulfonamides is 1. The number of rotatable bonds is 4. The van der Waals surface area contributed by atoms with E-state index in [1.54, 1.807) is 16.8 Å². The first kappa shape index (κ1) is 19.3. The maximum Gasteiger partial charge on any atom is 0.262 e. The normalized spacial score (nSPS) is 23.0. The number of hydrogen-bond acceptors (Lipinski definition) is 6. The average Bonchev–Trinajstić information content (AvgIpc) is 3.30. The SMILES string of the molecule is Cc1ncnc(N2CC3CN(S(=O)(=O)c4cn(C)c(C(C)C)n4)CC3C2)c1C. The van der Waals surface area contributed by atoms with Crippen LogP contribution in [-0.2, 0) is 17.1 Å². The molecular formula is C19H28N6O2S. The molecule has 152 valence electrons. The van der Waals surface area contributed by atoms with Crippen molar-refractivity contribution in [1.29, 1.82) is 0 Å². The zero-order valence-electron chi connectivity index (χ0n) is 17.1. The molecule has 0 aliphatic carbocycles. The van der Waals surface area contributed by atoms with Gasteiger partial charge in [-0.2, -0.15) is 4.31 Å². The second-order valence-electron chi connectivity index (χ2n) is 8.36. The van der Waals surface area contributed by atoms with Crippen LogP contribution in [0.3, 0.4) is 0 Å². The molecular weight excluding hydrogens is 376 g/mol. The number of aromatic nitrogens is 4. The predicted octanol–water partition coefficient (Wildman–Crippen LogP) is 1.71. The molecule has 0 amide bonds. The second-order valence-corrected chi connectivity index (χ2v) is 10.2. The Kier molecular flexibility index (Phi) is 4.70. The maximum atomic E-state index is 13.1. The third-order valence-electron chi connectivity index (χ3n) is 6.07. The number of nitrogens with zero attached hydrogens (tertiary/aromatic N) is 6. The van der Waals surface area contributed by atoms with Crippen molar-refractivity contribution < 1.29 is 8.42 Å². The van der Waals surface area contributed by atoms with Gasteiger partial charge in [0.05, 0.1) is 0 Å². The molecule has 0 N–H and O–H groups in total. The van der Waals surface area contributed by atoms with Gasteiger partial charge in [-0.15, -0.1) is 0 Å². The molecule has 2 fully saturated rings. The average molecular weight is 405 g/mol. The molecule has 2 saturated heterocycles. The number of fused-ring (bicyclic) bond motifs is 1. The molecule has 28 heavy (non-hydrogen) atoms. The fourth-order valence-corrected chi connectivity index (χ4v) is 5.95. The van der Waals surface area contributed by atoms with Crippen molar-refractivity contribution in [3.05, 3.63) is 29.6 Å². The van der Waals surface area contributed by atoms with E-state index < -0.39 is 10.0 Å². The monoisotopic (exact) mass is 404 g/mol. The van der Waals surface area contributed by atoms with Crippen LogP contribution in [0.2, 0.25) is 0 Å². The van der Waals surface area contributed by atoms with Crippen LogP contribution in [-0.4, -0.2) is 58.4 Å². The second kappa shape index (κ2) is 6.81. The van der Waals surface area contributed by atoms with Gasteiger partial charge in [0.15, 0.2) is 5.03 Å². The first-order chi connectivity index (χ1) is 13.2. The van der Waals surface area contributed by atoms with Crippen LogP contribution in [0.25, 0.3) is 0 Å². The van der Waals surface area contributed by atoms with Crippen molar-refractivity contribution in [2.24, 2.45) is 18.9 Å². The fraction of sp³-hybridized carbons (Fsp3) is 0.632. The molecule has 2 aromatic heterocycles. The lowest BCUT2D eigenvalue weighted by Crippen LogP contribution is -2.34. The highest BCUT2D eigenvalue weighted by atomic mass is 32.2. The minimum absolute atomic E-state index is 0.165. The Labute approximate surface area is 166 Å². The molecule has 0 bridgehead atoms. The van der Waals surface area contributed by atoms with Crippen LogP contribution in [0, 0.1) is 25.7 Å². The minimum atomic E-state index is -3.56. The maximum absolute atomic E-state index is 13.1. The van der Waals surface area contributed by atoms with Gasteiger partial charge in [-0.3, -0.25) is 0 Å². The summed E-state index contributed by atoms with van der Waals surface area (Å²) in [5.74, 6) is 2.58. The van der Waals surface area contributed by atoms with E-state index in [1.807, 2.05) is 39.3 Å². The highest BCUT2D eigenvalue weighted by Gasteiger charge is 2.45. The van der Waals surface area contributed by atoms with E-state index in [9.17, 15) is 8.42 Å². The lowest BCUT2D eigenvalue weighted by atomic mass is 10.0. The van der Waals surface area contributed by atoms with E-state index in [1.165, 1.54) is 0 Å². The van der Waals surface area contributed by atoms with Gasteiger partial charge in [-0.1, -0.05) is 13.8 Å². The Morgan fingerprint density at radius 1 is 1.07 bits per heavy atom. The molecule has 0 aromatic carbocycles. The van der Waals surface area contributed by atoms with E-state index in [0.29, 0.717) is 24.9 Å². The third-order valence-corrected chi connectivity index (χ3v) is 7.78. The van der Waals surface area contributed by atoms with Gasteiger partial charge >= 0.3 is 0 Å². The van der Waals surface area contributed by atoms with Crippen LogP contribution in [0.15, 0.2) is 17.6 Å². The minimum Gasteiger partial charge on any atom is -0.356 e. The molecule has 0 spiro atoms. The van der Waals surface area contributed by atoms with Gasteiger partial charge in [-0.25, -0.2) is 23.4 Å². The zero-order chi connectivity index (χ0) is 20.2. The van der Waals surface area contributed by atoms with Crippen LogP contribution >= 0.6 is 0 Å². The Hall–Kier alpha value is -2.00. The topological polar surface area (TPSA) is 84.2 Å². The summed E-state index contributed by atoms with van der Waals surface area (Å²) >= 11 is 0. The van der Waals surface area contributed by atoms with Crippen LogP contribution in [0.5, 0.6) is 0 Å². The Morgan fingerprint density at radius 2 is 1.71 bits per heavy atom. The molecule has 2 atom stereocenters. The largest absolute Gasteiger partial charge is 0.356 e. The number of imidazole rings is 1. The summed E-state index contributed by atoms with van der Waals surface area (Å²) in [6, 6.07) is 0. The Morgan fingerprint density at radius 3 is 2.29 bits per heavy atom. The summed E-state index contributed by atoms with van der Waals surface area (Å²) in [4.78, 5) is 15.4. The first-order valence-corrected chi connectivity index (χ1v) is 11.2. The van der Waals surface area contributed by atoms with Crippen molar-refractivity contribution >= 4 is 15.8 Å². The molecule has 0 saturated carbocycles. The standard InChI is InChI=1S/C19H28N6O2S/c1-12(2)18-22-17(10-23(18)5)28(26,27)25-8-15-6-24(7-16(15)9-25)19-13(3)14(4)20-11-21-19/h10-12,15-16H,6-9H2,1-5H3. The summed E-state index contributed by atoms with van der Waals surface area (Å²) in [7, 11) is -1.70. The Bertz CT molecular complexity index is 986. The van der Waals surface area contributed by atoms with Crippen molar-refractivity contribution in [2.75, 3.05) is 31.1 Å². The molecule has 2 aliphatic heterocycles. The molecule has 2 unspecified atom stereocenters. The number of anilines is 1. The fourth-order valence-electron chi connectivity index (χ4n) is 4.41. The lowest BCUT2D eigenvalue weighted by Gasteiger charge is -2.23. The molecule has 0 radical (unpaired) electrons. The zero-order valence-corrected chi connectivity index (χ0v) is 17.9. The quantitative estimate of drug-likeness (QED) is 0.771. The molecule has 2 aromatic rings. The molecule has 4 rings (SSSR count). The van der Waals surface area contributed by atoms with Gasteiger partial charge in [0.25, 0.3) is 10.0 Å². The van der Waals surface area contributed by atoms with Crippen LogP contribution in [0.1, 0.15) is 36.8 Å². The number of aryl methyl sites for hydroxylation is 2. The van der Waals surface area contributed by atoms with Crippen molar-refractivity contribution in [1.82, 2.24) is 23.8 Å². The van der Waals surface area contributed by atoms with Crippen molar-refractivity contribution in [3.63, 3.8) is 0 Å². The van der Waals surface area contributed by atoms with Crippen molar-refractivity contribution in [2.45, 2.75) is 38.6 Å². The molecule has 8 nitrogen and oxygen atoms in total. The van der Waals surface area contributed by atoms with E-state index in [-0.39, 0.29) is 10.9 Å². The highest BCUT2D eigenvalue weighted by Crippen LogP contribution is 2.36. The van der Waals surface area contributed by atoms with E-state index in [4.69, 9.17) is 0 Å². The summed E-state index contributed by atoms with van der Waals surface area (Å²) in [5.41, 5.74) is 2.09. The summed E-state index contributed by atoms with van der Waals surface area (Å²) in [6.45, 7) is 10.8. The summed E-state index contributed by atoms with van der Waals surface area (Å²) < 4.78 is 29.7. The van der Waals surface area contributed by atoms with Gasteiger partial charge in [-0.05, 0) is 25.7 Å². The van der Waals surface area contributed by atoms with Crippen LogP contribution in [0.4, 0.5) is 5.82 Å². The molecule has 4 heterocycles. The lowest BCUT2D eigenvalue weighted by molar-refractivity contribution is 0.450. The Balaban J connectivity index is 1.50. The molecule has 9 heteroatoms. The van der Waals surface area contributed by atoms with Gasteiger partial charge in [0.1, 0.15) is 18.0 Å². The smallest absolute Gasteiger partial charge is 0.262 e. The van der Waals surface area contributed by atoms with Crippen molar-refractivity contribution in [3.8, 4) is 0 Å². The summed E-state index contributed by atoms with van der Waals surface area (Å²) in [5, 5.41) is 0.165. The van der Waals surface area contributed by atoms with Gasteiger partial charge < -0.3 is 9.47 Å². The summed E-state index contributed by atoms with van der Waals surface area (Å²) in [6.07, 6.45) is 3.24. The highest BCUT2D eigenvalue weighted by molar-refractivity contribution is 7.89. The third kappa shape index (κ3) is 3.10.